The first-order valence-electron chi connectivity index (χ1n) is 11.3. The average Bonchev–Trinajstić information content (AvgIpc) is 3.20. The maximum absolute atomic E-state index is 11.6. The van der Waals surface area contributed by atoms with Crippen molar-refractivity contribution < 1.29 is 8.42 Å². The second-order valence-electron chi connectivity index (χ2n) is 9.02. The molecule has 4 nitrogen and oxygen atoms in total. The molecule has 1 heterocycles. The number of rotatable bonds is 8. The van der Waals surface area contributed by atoms with Crippen LogP contribution in [-0.4, -0.2) is 45.8 Å². The lowest BCUT2D eigenvalue weighted by atomic mass is 9.90. The second-order valence-corrected chi connectivity index (χ2v) is 11.0. The smallest absolute Gasteiger partial charge is 0.175 e. The number of nitrogens with one attached hydrogen (secondary N) is 1. The van der Waals surface area contributed by atoms with Gasteiger partial charge >= 0.3 is 0 Å². The fourth-order valence-corrected chi connectivity index (χ4v) is 5.47. The van der Waals surface area contributed by atoms with E-state index in [-0.39, 0.29) is 24.8 Å². The highest BCUT2D eigenvalue weighted by atomic mass is 35.5. The Balaban J connectivity index is 0.00000181. The van der Waals surface area contributed by atoms with Crippen molar-refractivity contribution in [2.24, 2.45) is 5.92 Å². The van der Waals surface area contributed by atoms with Crippen molar-refractivity contribution in [1.82, 2.24) is 4.90 Å². The van der Waals surface area contributed by atoms with Crippen LogP contribution in [0.4, 0.5) is 5.69 Å². The van der Waals surface area contributed by atoms with Crippen molar-refractivity contribution in [3.8, 4) is 0 Å². The van der Waals surface area contributed by atoms with E-state index in [1.54, 1.807) is 12.1 Å². The van der Waals surface area contributed by atoms with E-state index in [4.69, 9.17) is 0 Å². The number of fused-ring (bicyclic) bond motifs is 1. The number of sulfone groups is 1. The highest BCUT2D eigenvalue weighted by Gasteiger charge is 2.19. The lowest BCUT2D eigenvalue weighted by Crippen LogP contribution is -2.35. The van der Waals surface area contributed by atoms with Gasteiger partial charge < -0.3 is 10.2 Å². The first kappa shape index (κ1) is 27.0. The monoisotopic (exact) mass is 498 g/mol. The summed E-state index contributed by atoms with van der Waals surface area (Å²) in [6.45, 7) is 4.54. The highest BCUT2D eigenvalue weighted by Crippen LogP contribution is 2.25. The summed E-state index contributed by atoms with van der Waals surface area (Å²) in [5.41, 5.74) is 5.60. The number of likely N-dealkylation sites (tertiary alicyclic amines) is 1. The third-order valence-electron chi connectivity index (χ3n) is 6.66. The van der Waals surface area contributed by atoms with E-state index < -0.39 is 9.84 Å². The minimum Gasteiger partial charge on any atom is -0.385 e. The predicted molar refractivity (Wildman–Crippen MR) is 138 cm³/mol. The molecule has 0 saturated carbocycles. The van der Waals surface area contributed by atoms with Gasteiger partial charge in [-0.25, -0.2) is 8.42 Å². The molecular weight excluding hydrogens is 463 g/mol. The molecular formula is C25H36Cl2N2O2S. The molecule has 2 aromatic rings. The van der Waals surface area contributed by atoms with Crippen LogP contribution in [0.2, 0.25) is 0 Å². The molecule has 0 spiro atoms. The molecule has 0 radical (unpaired) electrons. The number of aryl methyl sites for hydroxylation is 2. The van der Waals surface area contributed by atoms with Crippen LogP contribution >= 0.6 is 24.8 Å². The number of nitrogens with zero attached hydrogens (tertiary/aromatic N) is 1. The molecule has 0 atom stereocenters. The topological polar surface area (TPSA) is 49.4 Å². The summed E-state index contributed by atoms with van der Waals surface area (Å²) in [4.78, 5) is 3.00. The van der Waals surface area contributed by atoms with Gasteiger partial charge in [-0.2, -0.15) is 0 Å². The van der Waals surface area contributed by atoms with Crippen molar-refractivity contribution in [1.29, 1.82) is 0 Å². The van der Waals surface area contributed by atoms with Gasteiger partial charge in [0.15, 0.2) is 9.84 Å². The van der Waals surface area contributed by atoms with Gasteiger partial charge in [0, 0.05) is 18.5 Å². The maximum Gasteiger partial charge on any atom is 0.175 e. The van der Waals surface area contributed by atoms with Crippen LogP contribution in [-0.2, 0) is 29.1 Å². The van der Waals surface area contributed by atoms with E-state index in [0.29, 0.717) is 10.8 Å². The van der Waals surface area contributed by atoms with E-state index in [1.807, 2.05) is 12.1 Å². The number of hydrogen-bond donors (Lipinski definition) is 1. The van der Waals surface area contributed by atoms with Gasteiger partial charge in [-0.3, -0.25) is 0 Å². The summed E-state index contributed by atoms with van der Waals surface area (Å²) in [6, 6.07) is 14.3. The molecule has 178 valence electrons. The molecule has 1 aliphatic carbocycles. The Hall–Kier alpha value is -1.27. The molecule has 0 aromatic heterocycles. The van der Waals surface area contributed by atoms with Crippen molar-refractivity contribution >= 4 is 40.3 Å². The molecule has 1 N–H and O–H groups in total. The van der Waals surface area contributed by atoms with Gasteiger partial charge in [-0.05, 0) is 111 Å². The van der Waals surface area contributed by atoms with Crippen LogP contribution in [0.15, 0.2) is 47.4 Å². The zero-order chi connectivity index (χ0) is 21.0. The Bertz CT molecular complexity index is 956. The molecule has 0 amide bonds. The second kappa shape index (κ2) is 12.3. The molecule has 7 heteroatoms. The van der Waals surface area contributed by atoms with Crippen molar-refractivity contribution in [3.63, 3.8) is 0 Å². The summed E-state index contributed by atoms with van der Waals surface area (Å²) in [6.07, 6.45) is 9.74. The summed E-state index contributed by atoms with van der Waals surface area (Å²) in [5.74, 6) is 0.704. The van der Waals surface area contributed by atoms with Crippen molar-refractivity contribution in [3.05, 3.63) is 59.2 Å². The van der Waals surface area contributed by atoms with Gasteiger partial charge in [-0.15, -0.1) is 24.8 Å². The van der Waals surface area contributed by atoms with Crippen molar-refractivity contribution in [2.75, 3.05) is 37.8 Å². The third-order valence-corrected chi connectivity index (χ3v) is 7.79. The third kappa shape index (κ3) is 7.38. The number of benzene rings is 2. The predicted octanol–water partition coefficient (Wildman–Crippen LogP) is 5.18. The van der Waals surface area contributed by atoms with Crippen LogP contribution < -0.4 is 5.32 Å². The first-order valence-corrected chi connectivity index (χ1v) is 13.2. The van der Waals surface area contributed by atoms with Gasteiger partial charge in [0.2, 0.25) is 0 Å². The Labute approximate surface area is 205 Å². The lowest BCUT2D eigenvalue weighted by molar-refractivity contribution is 0.183. The number of hydrogen-bond acceptors (Lipinski definition) is 4. The summed E-state index contributed by atoms with van der Waals surface area (Å²) < 4.78 is 23.2. The molecule has 0 bridgehead atoms. The molecule has 1 saturated heterocycles. The number of halogens is 2. The number of piperidine rings is 1. The van der Waals surface area contributed by atoms with E-state index in [2.05, 4.69) is 28.4 Å². The van der Waals surface area contributed by atoms with E-state index >= 15 is 0 Å². The largest absolute Gasteiger partial charge is 0.385 e. The quantitative estimate of drug-likeness (QED) is 0.509. The minimum atomic E-state index is -3.10. The van der Waals surface area contributed by atoms with Crippen LogP contribution in [0.5, 0.6) is 0 Å². The maximum atomic E-state index is 11.6. The molecule has 1 aliphatic heterocycles. The van der Waals surface area contributed by atoms with Crippen LogP contribution in [0.1, 0.15) is 42.4 Å². The van der Waals surface area contributed by atoms with Crippen LogP contribution in [0, 0.1) is 5.92 Å². The SMILES string of the molecule is CS(=O)(=O)c1ccc(CC2CCN(CCCNc3ccc4c(c3)CCC4)CC2)cc1.Cl.Cl. The normalized spacial score (nSPS) is 16.7. The zero-order valence-corrected chi connectivity index (χ0v) is 21.3. The lowest BCUT2D eigenvalue weighted by Gasteiger charge is -2.32. The zero-order valence-electron chi connectivity index (χ0n) is 18.9. The van der Waals surface area contributed by atoms with Crippen LogP contribution in [0.3, 0.4) is 0 Å². The summed E-state index contributed by atoms with van der Waals surface area (Å²) in [5, 5.41) is 3.60. The fraction of sp³-hybridized carbons (Fsp3) is 0.520. The van der Waals surface area contributed by atoms with E-state index in [0.717, 1.165) is 19.5 Å². The Kier molecular flexibility index (Phi) is 10.3. The van der Waals surface area contributed by atoms with Gasteiger partial charge in [0.1, 0.15) is 0 Å². The molecule has 0 unspecified atom stereocenters. The van der Waals surface area contributed by atoms with Crippen molar-refractivity contribution in [2.45, 2.75) is 49.8 Å². The Morgan fingerprint density at radius 1 is 0.969 bits per heavy atom. The average molecular weight is 500 g/mol. The van der Waals surface area contributed by atoms with Crippen LogP contribution in [0.25, 0.3) is 0 Å². The summed E-state index contributed by atoms with van der Waals surface area (Å²) in [7, 11) is -3.10. The molecule has 2 aromatic carbocycles. The number of anilines is 1. The molecule has 4 rings (SSSR count). The summed E-state index contributed by atoms with van der Waals surface area (Å²) >= 11 is 0. The minimum absolute atomic E-state index is 0. The Morgan fingerprint density at radius 2 is 1.66 bits per heavy atom. The molecule has 32 heavy (non-hydrogen) atoms. The van der Waals surface area contributed by atoms with Gasteiger partial charge in [0.25, 0.3) is 0 Å². The Morgan fingerprint density at radius 3 is 2.34 bits per heavy atom. The fourth-order valence-electron chi connectivity index (χ4n) is 4.84. The standard InChI is InChI=1S/C25H34N2O2S.2ClH/c1-30(28,29)25-10-6-20(7-11-25)18-21-12-16-27(17-13-21)15-3-14-26-24-9-8-22-4-2-5-23(22)19-24;;/h6-11,19,21,26H,2-5,12-18H2,1H3;2*1H. The van der Waals surface area contributed by atoms with Gasteiger partial charge in [0.05, 0.1) is 4.90 Å². The first-order chi connectivity index (χ1) is 14.5. The van der Waals surface area contributed by atoms with E-state index in [9.17, 15) is 8.42 Å². The molecule has 1 fully saturated rings. The van der Waals surface area contributed by atoms with E-state index in [1.165, 1.54) is 80.2 Å². The highest BCUT2D eigenvalue weighted by molar-refractivity contribution is 7.90. The van der Waals surface area contributed by atoms with Gasteiger partial charge in [-0.1, -0.05) is 18.2 Å². The molecule has 2 aliphatic rings.